The van der Waals surface area contributed by atoms with Gasteiger partial charge in [0.25, 0.3) is 0 Å². The van der Waals surface area contributed by atoms with E-state index < -0.39 is 27.9 Å². The summed E-state index contributed by atoms with van der Waals surface area (Å²) >= 11 is 0. The van der Waals surface area contributed by atoms with Gasteiger partial charge in [0.2, 0.25) is 10.0 Å². The highest BCUT2D eigenvalue weighted by Crippen LogP contribution is 2.25. The molecule has 0 bridgehead atoms. The smallest absolute Gasteiger partial charge is 0.306 e. The quantitative estimate of drug-likeness (QED) is 0.720. The number of carbonyl (C=O) groups excluding carboxylic acids is 1. The number of carbonyl (C=O) groups is 2. The highest BCUT2D eigenvalue weighted by atomic mass is 32.2. The molecule has 0 aromatic carbocycles. The van der Waals surface area contributed by atoms with Gasteiger partial charge in [-0.25, -0.2) is 8.42 Å². The standard InChI is InChI=1S/C11H19NO6S/c1-8-7-9(11(14)15)3-5-12(8)19(16,17)6-4-10(13)18-2/h8-9H,3-7H2,1-2H3,(H,14,15). The van der Waals surface area contributed by atoms with Crippen LogP contribution in [0.2, 0.25) is 0 Å². The van der Waals surface area contributed by atoms with Gasteiger partial charge in [-0.05, 0) is 19.8 Å². The maximum Gasteiger partial charge on any atom is 0.306 e. The predicted octanol–water partition coefficient (Wildman–Crippen LogP) is 0.0644. The number of methoxy groups -OCH3 is 1. The normalized spacial score (nSPS) is 24.9. The van der Waals surface area contributed by atoms with E-state index in [2.05, 4.69) is 4.74 Å². The van der Waals surface area contributed by atoms with Crippen LogP contribution in [0.3, 0.4) is 0 Å². The molecule has 0 saturated carbocycles. The Bertz CT molecular complexity index is 446. The molecule has 1 fully saturated rings. The van der Waals surface area contributed by atoms with Crippen molar-refractivity contribution in [2.24, 2.45) is 5.92 Å². The van der Waals surface area contributed by atoms with E-state index in [0.29, 0.717) is 12.8 Å². The van der Waals surface area contributed by atoms with Gasteiger partial charge in [-0.3, -0.25) is 9.59 Å². The van der Waals surface area contributed by atoms with Crippen LogP contribution in [-0.4, -0.2) is 55.2 Å². The van der Waals surface area contributed by atoms with Crippen LogP contribution in [0.15, 0.2) is 0 Å². The number of rotatable bonds is 5. The largest absolute Gasteiger partial charge is 0.481 e. The number of esters is 1. The van der Waals surface area contributed by atoms with Crippen molar-refractivity contribution in [2.75, 3.05) is 19.4 Å². The van der Waals surface area contributed by atoms with E-state index in [1.807, 2.05) is 0 Å². The van der Waals surface area contributed by atoms with E-state index in [-0.39, 0.29) is 24.8 Å². The Balaban J connectivity index is 2.65. The Morgan fingerprint density at radius 3 is 2.53 bits per heavy atom. The zero-order chi connectivity index (χ0) is 14.6. The predicted molar refractivity (Wildman–Crippen MR) is 66.9 cm³/mol. The van der Waals surface area contributed by atoms with Crippen LogP contribution in [-0.2, 0) is 24.3 Å². The van der Waals surface area contributed by atoms with Crippen LogP contribution >= 0.6 is 0 Å². The molecule has 110 valence electrons. The van der Waals surface area contributed by atoms with Gasteiger partial charge in [-0.2, -0.15) is 4.31 Å². The van der Waals surface area contributed by atoms with E-state index in [1.54, 1.807) is 6.92 Å². The van der Waals surface area contributed by atoms with Gasteiger partial charge in [0.1, 0.15) is 0 Å². The molecule has 0 aromatic rings. The first kappa shape index (κ1) is 15.9. The molecule has 2 atom stereocenters. The van der Waals surface area contributed by atoms with Crippen LogP contribution in [0, 0.1) is 5.92 Å². The lowest BCUT2D eigenvalue weighted by atomic mass is 9.93. The lowest BCUT2D eigenvalue weighted by molar-refractivity contribution is -0.143. The van der Waals surface area contributed by atoms with Crippen molar-refractivity contribution >= 4 is 22.0 Å². The number of carboxylic acids is 1. The van der Waals surface area contributed by atoms with Crippen molar-refractivity contribution in [1.29, 1.82) is 0 Å². The van der Waals surface area contributed by atoms with Gasteiger partial charge in [0.05, 0.1) is 25.2 Å². The number of aliphatic carboxylic acids is 1. The van der Waals surface area contributed by atoms with Crippen molar-refractivity contribution in [3.8, 4) is 0 Å². The summed E-state index contributed by atoms with van der Waals surface area (Å²) in [5.74, 6) is -2.26. The highest BCUT2D eigenvalue weighted by molar-refractivity contribution is 7.89. The van der Waals surface area contributed by atoms with Gasteiger partial charge < -0.3 is 9.84 Å². The Morgan fingerprint density at radius 1 is 1.42 bits per heavy atom. The SMILES string of the molecule is COC(=O)CCS(=O)(=O)N1CCC(C(=O)O)CC1C. The number of hydrogen-bond acceptors (Lipinski definition) is 5. The molecule has 1 aliphatic rings. The first-order chi connectivity index (χ1) is 8.77. The average Bonchev–Trinajstić information content (AvgIpc) is 2.35. The lowest BCUT2D eigenvalue weighted by Gasteiger charge is -2.35. The maximum atomic E-state index is 12.1. The first-order valence-corrected chi connectivity index (χ1v) is 7.68. The third kappa shape index (κ3) is 4.17. The number of sulfonamides is 1. The molecule has 8 heteroatoms. The summed E-state index contributed by atoms with van der Waals surface area (Å²) < 4.78 is 29.8. The van der Waals surface area contributed by atoms with E-state index in [1.165, 1.54) is 11.4 Å². The number of hydrogen-bond donors (Lipinski definition) is 1. The van der Waals surface area contributed by atoms with Gasteiger partial charge in [0.15, 0.2) is 0 Å². The minimum atomic E-state index is -3.55. The molecule has 1 heterocycles. The Kier molecular flexibility index (Phi) is 5.30. The van der Waals surface area contributed by atoms with E-state index in [9.17, 15) is 18.0 Å². The molecule has 1 N–H and O–H groups in total. The fraction of sp³-hybridized carbons (Fsp3) is 0.818. The third-order valence-electron chi connectivity index (χ3n) is 3.31. The topological polar surface area (TPSA) is 101 Å². The molecule has 0 radical (unpaired) electrons. The molecule has 1 saturated heterocycles. The Morgan fingerprint density at radius 2 is 2.05 bits per heavy atom. The summed E-state index contributed by atoms with van der Waals surface area (Å²) in [4.78, 5) is 21.9. The number of nitrogens with zero attached hydrogens (tertiary/aromatic N) is 1. The molecule has 0 aliphatic carbocycles. The monoisotopic (exact) mass is 293 g/mol. The average molecular weight is 293 g/mol. The number of carboxylic acid groups (broad SMARTS) is 1. The third-order valence-corrected chi connectivity index (χ3v) is 5.29. The van der Waals surface area contributed by atoms with Crippen molar-refractivity contribution in [1.82, 2.24) is 4.31 Å². The summed E-state index contributed by atoms with van der Waals surface area (Å²) in [6.45, 7) is 1.87. The summed E-state index contributed by atoms with van der Waals surface area (Å²) in [5, 5.41) is 8.92. The van der Waals surface area contributed by atoms with Crippen molar-refractivity contribution in [3.05, 3.63) is 0 Å². The van der Waals surface area contributed by atoms with Crippen LogP contribution in [0.5, 0.6) is 0 Å². The molecule has 0 spiro atoms. The zero-order valence-corrected chi connectivity index (χ0v) is 11.9. The summed E-state index contributed by atoms with van der Waals surface area (Å²) in [7, 11) is -2.34. The lowest BCUT2D eigenvalue weighted by Crippen LogP contribution is -2.47. The molecular weight excluding hydrogens is 274 g/mol. The second-order valence-corrected chi connectivity index (χ2v) is 6.70. The fourth-order valence-corrected chi connectivity index (χ4v) is 3.90. The molecule has 2 unspecified atom stereocenters. The number of ether oxygens (including phenoxy) is 1. The van der Waals surface area contributed by atoms with Gasteiger partial charge >= 0.3 is 11.9 Å². The molecule has 7 nitrogen and oxygen atoms in total. The van der Waals surface area contributed by atoms with Crippen molar-refractivity contribution in [3.63, 3.8) is 0 Å². The number of piperidine rings is 1. The Labute approximate surface area is 112 Å². The van der Waals surface area contributed by atoms with E-state index >= 15 is 0 Å². The molecule has 1 rings (SSSR count). The second-order valence-electron chi connectivity index (χ2n) is 4.66. The van der Waals surface area contributed by atoms with Crippen LogP contribution in [0.25, 0.3) is 0 Å². The van der Waals surface area contributed by atoms with E-state index in [4.69, 9.17) is 5.11 Å². The molecule has 0 aromatic heterocycles. The van der Waals surface area contributed by atoms with Crippen molar-refractivity contribution in [2.45, 2.75) is 32.2 Å². The molecule has 19 heavy (non-hydrogen) atoms. The summed E-state index contributed by atoms with van der Waals surface area (Å²) in [6.07, 6.45) is 0.411. The fourth-order valence-electron chi connectivity index (χ4n) is 2.22. The summed E-state index contributed by atoms with van der Waals surface area (Å²) in [5.41, 5.74) is 0. The Hall–Kier alpha value is -1.15. The minimum Gasteiger partial charge on any atom is -0.481 e. The van der Waals surface area contributed by atoms with Crippen LogP contribution in [0.4, 0.5) is 0 Å². The molecule has 0 amide bonds. The summed E-state index contributed by atoms with van der Waals surface area (Å²) in [6, 6.07) is -0.363. The minimum absolute atomic E-state index is 0.182. The van der Waals surface area contributed by atoms with Crippen molar-refractivity contribution < 1.29 is 27.9 Å². The highest BCUT2D eigenvalue weighted by Gasteiger charge is 2.35. The van der Waals surface area contributed by atoms with Gasteiger partial charge in [-0.15, -0.1) is 0 Å². The van der Waals surface area contributed by atoms with Gasteiger partial charge in [-0.1, -0.05) is 0 Å². The van der Waals surface area contributed by atoms with E-state index in [0.717, 1.165) is 0 Å². The maximum absolute atomic E-state index is 12.1. The molecule has 1 aliphatic heterocycles. The molecular formula is C11H19NO6S. The van der Waals surface area contributed by atoms with Crippen LogP contribution < -0.4 is 0 Å². The second kappa shape index (κ2) is 6.33. The first-order valence-electron chi connectivity index (χ1n) is 6.07. The van der Waals surface area contributed by atoms with Gasteiger partial charge in [0, 0.05) is 12.6 Å². The zero-order valence-electron chi connectivity index (χ0n) is 11.0. The van der Waals surface area contributed by atoms with Crippen LogP contribution in [0.1, 0.15) is 26.2 Å².